The molecule has 2 aliphatic rings. The fourth-order valence-corrected chi connectivity index (χ4v) is 4.50. The molecule has 0 unspecified atom stereocenters. The van der Waals surface area contributed by atoms with E-state index in [4.69, 9.17) is 0 Å². The van der Waals surface area contributed by atoms with Crippen molar-refractivity contribution < 1.29 is 9.59 Å². The summed E-state index contributed by atoms with van der Waals surface area (Å²) in [5.41, 5.74) is 0.678. The highest BCUT2D eigenvalue weighted by Gasteiger charge is 2.28. The maximum Gasteiger partial charge on any atom is 0.264 e. The van der Waals surface area contributed by atoms with Gasteiger partial charge in [0.15, 0.2) is 0 Å². The molecule has 3 rings (SSSR count). The molecule has 4 nitrogen and oxygen atoms in total. The Bertz CT molecular complexity index is 535. The molecule has 5 heteroatoms. The Balaban J connectivity index is 1.72. The van der Waals surface area contributed by atoms with E-state index in [1.54, 1.807) is 6.07 Å². The lowest BCUT2D eigenvalue weighted by molar-refractivity contribution is 0.0636. The minimum absolute atomic E-state index is 0.0826. The van der Waals surface area contributed by atoms with Gasteiger partial charge in [0.25, 0.3) is 11.8 Å². The molecule has 0 radical (unpaired) electrons. The molecule has 23 heavy (non-hydrogen) atoms. The summed E-state index contributed by atoms with van der Waals surface area (Å²) in [6.07, 6.45) is 6.72. The number of hydrogen-bond acceptors (Lipinski definition) is 3. The van der Waals surface area contributed by atoms with Crippen molar-refractivity contribution in [2.45, 2.75) is 64.5 Å². The quantitative estimate of drug-likeness (QED) is 0.826. The van der Waals surface area contributed by atoms with E-state index in [0.29, 0.717) is 22.5 Å². The zero-order valence-electron chi connectivity index (χ0n) is 14.1. The van der Waals surface area contributed by atoms with Crippen LogP contribution >= 0.6 is 11.3 Å². The Morgan fingerprint density at radius 1 is 0.957 bits per heavy atom. The summed E-state index contributed by atoms with van der Waals surface area (Å²) in [6.45, 7) is 5.91. The van der Waals surface area contributed by atoms with E-state index < -0.39 is 0 Å². The lowest BCUT2D eigenvalue weighted by atomic mass is 10.0. The average Bonchev–Trinajstić information content (AvgIpc) is 3.04. The van der Waals surface area contributed by atoms with E-state index in [2.05, 4.69) is 13.8 Å². The molecule has 3 heterocycles. The van der Waals surface area contributed by atoms with Crippen LogP contribution in [0.15, 0.2) is 11.4 Å². The maximum absolute atomic E-state index is 12.7. The Hall–Kier alpha value is -1.36. The van der Waals surface area contributed by atoms with Crippen molar-refractivity contribution in [2.24, 2.45) is 0 Å². The third kappa shape index (κ3) is 3.44. The molecule has 1 aromatic heterocycles. The molecule has 0 aliphatic carbocycles. The summed E-state index contributed by atoms with van der Waals surface area (Å²) in [7, 11) is 0. The van der Waals surface area contributed by atoms with Crippen molar-refractivity contribution in [3.05, 3.63) is 21.9 Å². The molecule has 2 fully saturated rings. The largest absolute Gasteiger partial charge is 0.336 e. The van der Waals surface area contributed by atoms with Crippen molar-refractivity contribution in [2.75, 3.05) is 13.1 Å². The monoisotopic (exact) mass is 334 g/mol. The van der Waals surface area contributed by atoms with Crippen LogP contribution in [-0.4, -0.2) is 46.8 Å². The molecule has 0 saturated carbocycles. The summed E-state index contributed by atoms with van der Waals surface area (Å²) >= 11 is 1.41. The molecule has 2 atom stereocenters. The molecule has 2 aliphatic heterocycles. The van der Waals surface area contributed by atoms with Gasteiger partial charge in [-0.3, -0.25) is 9.59 Å². The highest BCUT2D eigenvalue weighted by molar-refractivity contribution is 7.12. The summed E-state index contributed by atoms with van der Waals surface area (Å²) < 4.78 is 0. The first kappa shape index (κ1) is 16.5. The highest BCUT2D eigenvalue weighted by atomic mass is 32.1. The third-order valence-corrected chi connectivity index (χ3v) is 6.10. The number of thiophene rings is 1. The molecule has 126 valence electrons. The predicted molar refractivity (Wildman–Crippen MR) is 93.0 cm³/mol. The van der Waals surface area contributed by atoms with Gasteiger partial charge in [-0.1, -0.05) is 0 Å². The second kappa shape index (κ2) is 7.04. The van der Waals surface area contributed by atoms with Crippen LogP contribution in [0.3, 0.4) is 0 Å². The smallest absolute Gasteiger partial charge is 0.264 e. The van der Waals surface area contributed by atoms with E-state index in [1.807, 2.05) is 15.2 Å². The van der Waals surface area contributed by atoms with Crippen LogP contribution in [0.1, 0.15) is 72.4 Å². The van der Waals surface area contributed by atoms with Gasteiger partial charge in [-0.2, -0.15) is 0 Å². The Kier molecular flexibility index (Phi) is 5.05. The Morgan fingerprint density at radius 2 is 1.52 bits per heavy atom. The minimum Gasteiger partial charge on any atom is -0.336 e. The van der Waals surface area contributed by atoms with Crippen molar-refractivity contribution in [3.8, 4) is 0 Å². The molecule has 0 spiro atoms. The zero-order chi connectivity index (χ0) is 16.4. The van der Waals surface area contributed by atoms with Crippen molar-refractivity contribution in [1.82, 2.24) is 9.80 Å². The van der Waals surface area contributed by atoms with Gasteiger partial charge in [-0.05, 0) is 58.4 Å². The van der Waals surface area contributed by atoms with Crippen molar-refractivity contribution in [1.29, 1.82) is 0 Å². The predicted octanol–water partition coefficient (Wildman–Crippen LogP) is 3.78. The number of rotatable bonds is 2. The standard InChI is InChI=1S/C18H26N2O2S/c1-13-7-3-5-9-19(13)17(21)15-11-16(23-12-15)18(22)20-10-6-4-8-14(20)2/h11-14H,3-10H2,1-2H3/t13-,14+/m0/s1. The Labute approximate surface area is 142 Å². The first-order chi connectivity index (χ1) is 11.1. The summed E-state index contributed by atoms with van der Waals surface area (Å²) in [5, 5.41) is 1.85. The van der Waals surface area contributed by atoms with E-state index in [-0.39, 0.29) is 11.8 Å². The first-order valence-corrected chi connectivity index (χ1v) is 9.66. The van der Waals surface area contributed by atoms with E-state index in [1.165, 1.54) is 24.2 Å². The van der Waals surface area contributed by atoms with Crippen molar-refractivity contribution in [3.63, 3.8) is 0 Å². The number of carbonyl (C=O) groups excluding carboxylic acids is 2. The van der Waals surface area contributed by atoms with Crippen molar-refractivity contribution >= 4 is 23.2 Å². The zero-order valence-corrected chi connectivity index (χ0v) is 14.9. The third-order valence-electron chi connectivity index (χ3n) is 5.18. The number of hydrogen-bond donors (Lipinski definition) is 0. The van der Waals surface area contributed by atoms with Crippen LogP contribution in [0.25, 0.3) is 0 Å². The lowest BCUT2D eigenvalue weighted by Crippen LogP contribution is -2.42. The number of nitrogens with zero attached hydrogens (tertiary/aromatic N) is 2. The molecule has 0 aromatic carbocycles. The second-order valence-electron chi connectivity index (χ2n) is 6.89. The summed E-state index contributed by atoms with van der Waals surface area (Å²) in [6, 6.07) is 2.41. The van der Waals surface area contributed by atoms with Crippen LogP contribution in [0, 0.1) is 0 Å². The fraction of sp³-hybridized carbons (Fsp3) is 0.667. The van der Waals surface area contributed by atoms with E-state index >= 15 is 0 Å². The fourth-order valence-electron chi connectivity index (χ4n) is 3.67. The molecule has 0 N–H and O–H groups in total. The van der Waals surface area contributed by atoms with Crippen LogP contribution in [0.2, 0.25) is 0 Å². The van der Waals surface area contributed by atoms with Crippen LogP contribution in [-0.2, 0) is 0 Å². The van der Waals surface area contributed by atoms with Gasteiger partial charge in [0.1, 0.15) is 0 Å². The molecule has 1 aromatic rings. The molecule has 0 bridgehead atoms. The normalized spacial score (nSPS) is 25.5. The van der Waals surface area contributed by atoms with Gasteiger partial charge in [-0.25, -0.2) is 0 Å². The maximum atomic E-state index is 12.7. The van der Waals surface area contributed by atoms with Gasteiger partial charge in [0.2, 0.25) is 0 Å². The first-order valence-electron chi connectivity index (χ1n) is 8.78. The second-order valence-corrected chi connectivity index (χ2v) is 7.80. The average molecular weight is 334 g/mol. The Morgan fingerprint density at radius 3 is 2.09 bits per heavy atom. The van der Waals surface area contributed by atoms with Crippen LogP contribution in [0.5, 0.6) is 0 Å². The van der Waals surface area contributed by atoms with E-state index in [0.717, 1.165) is 38.8 Å². The van der Waals surface area contributed by atoms with Gasteiger partial charge in [0.05, 0.1) is 10.4 Å². The molecule has 2 saturated heterocycles. The molecular formula is C18H26N2O2S. The minimum atomic E-state index is 0.0826. The lowest BCUT2D eigenvalue weighted by Gasteiger charge is -2.33. The summed E-state index contributed by atoms with van der Waals surface area (Å²) in [4.78, 5) is 30.0. The number of piperidine rings is 2. The topological polar surface area (TPSA) is 40.6 Å². The summed E-state index contributed by atoms with van der Waals surface area (Å²) in [5.74, 6) is 0.173. The highest BCUT2D eigenvalue weighted by Crippen LogP contribution is 2.25. The number of amides is 2. The van der Waals surface area contributed by atoms with Crippen LogP contribution in [0.4, 0.5) is 0 Å². The SMILES string of the molecule is C[C@@H]1CCCCN1C(=O)c1cc(C(=O)N2CCCC[C@@H]2C)cs1. The van der Waals surface area contributed by atoms with Gasteiger partial charge in [0, 0.05) is 30.6 Å². The van der Waals surface area contributed by atoms with Crippen LogP contribution < -0.4 is 0 Å². The van der Waals surface area contributed by atoms with E-state index in [9.17, 15) is 9.59 Å². The molecule has 2 amide bonds. The number of carbonyl (C=O) groups is 2. The van der Waals surface area contributed by atoms with Gasteiger partial charge in [-0.15, -0.1) is 11.3 Å². The number of likely N-dealkylation sites (tertiary alicyclic amines) is 2. The van der Waals surface area contributed by atoms with Gasteiger partial charge >= 0.3 is 0 Å². The molecular weight excluding hydrogens is 308 g/mol. The van der Waals surface area contributed by atoms with Gasteiger partial charge < -0.3 is 9.80 Å².